The van der Waals surface area contributed by atoms with Gasteiger partial charge in [-0.2, -0.15) is 0 Å². The molecule has 4 nitrogen and oxygen atoms in total. The van der Waals surface area contributed by atoms with Crippen LogP contribution in [0.2, 0.25) is 0 Å². The number of hydrogen-bond acceptors (Lipinski definition) is 3. The zero-order valence-electron chi connectivity index (χ0n) is 9.72. The fourth-order valence-electron chi connectivity index (χ4n) is 1.87. The summed E-state index contributed by atoms with van der Waals surface area (Å²) in [6.07, 6.45) is 4.19. The maximum Gasteiger partial charge on any atom is 0.220 e. The number of nitrogens with zero attached hydrogens (tertiary/aromatic N) is 1. The van der Waals surface area contributed by atoms with E-state index in [4.69, 9.17) is 0 Å². The molecule has 0 unspecified atom stereocenters. The van der Waals surface area contributed by atoms with Gasteiger partial charge in [-0.05, 0) is 45.9 Å². The van der Waals surface area contributed by atoms with Crippen molar-refractivity contribution in [2.24, 2.45) is 0 Å². The third-order valence-corrected chi connectivity index (χ3v) is 2.78. The van der Waals surface area contributed by atoms with Crippen LogP contribution < -0.4 is 10.6 Å². The minimum Gasteiger partial charge on any atom is -0.355 e. The van der Waals surface area contributed by atoms with Gasteiger partial charge in [-0.1, -0.05) is 0 Å². The van der Waals surface area contributed by atoms with Crippen molar-refractivity contribution < 1.29 is 4.79 Å². The van der Waals surface area contributed by atoms with Crippen LogP contribution in [0, 0.1) is 0 Å². The lowest BCUT2D eigenvalue weighted by Crippen LogP contribution is -2.33. The molecule has 1 aliphatic rings. The smallest absolute Gasteiger partial charge is 0.220 e. The fourth-order valence-corrected chi connectivity index (χ4v) is 1.87. The van der Waals surface area contributed by atoms with Crippen LogP contribution in [0.1, 0.15) is 25.7 Å². The lowest BCUT2D eigenvalue weighted by molar-refractivity contribution is -0.121. The number of likely N-dealkylation sites (tertiary alicyclic amines) is 1. The molecular weight excluding hydrogens is 190 g/mol. The van der Waals surface area contributed by atoms with Crippen molar-refractivity contribution in [2.45, 2.75) is 25.7 Å². The van der Waals surface area contributed by atoms with Gasteiger partial charge in [0.25, 0.3) is 0 Å². The van der Waals surface area contributed by atoms with Crippen LogP contribution in [0.3, 0.4) is 0 Å². The summed E-state index contributed by atoms with van der Waals surface area (Å²) in [5.74, 6) is 0.185. The van der Waals surface area contributed by atoms with Gasteiger partial charge in [-0.25, -0.2) is 0 Å². The highest BCUT2D eigenvalue weighted by Gasteiger charge is 2.10. The third-order valence-electron chi connectivity index (χ3n) is 2.78. The summed E-state index contributed by atoms with van der Waals surface area (Å²) in [5.41, 5.74) is 0. The molecular formula is C11H23N3O. The van der Waals surface area contributed by atoms with Gasteiger partial charge in [0.2, 0.25) is 5.91 Å². The maximum atomic E-state index is 11.3. The van der Waals surface area contributed by atoms with Crippen molar-refractivity contribution >= 4 is 5.91 Å². The van der Waals surface area contributed by atoms with E-state index >= 15 is 0 Å². The molecule has 0 atom stereocenters. The zero-order valence-corrected chi connectivity index (χ0v) is 9.72. The molecule has 0 aromatic carbocycles. The molecule has 2 N–H and O–H groups in total. The second kappa shape index (κ2) is 7.65. The number of hydrogen-bond donors (Lipinski definition) is 2. The van der Waals surface area contributed by atoms with Crippen LogP contribution in [-0.2, 0) is 4.79 Å². The molecule has 0 aromatic rings. The van der Waals surface area contributed by atoms with E-state index in [-0.39, 0.29) is 5.91 Å². The van der Waals surface area contributed by atoms with E-state index in [1.54, 1.807) is 0 Å². The van der Waals surface area contributed by atoms with Crippen molar-refractivity contribution in [3.8, 4) is 0 Å². The van der Waals surface area contributed by atoms with Crippen molar-refractivity contribution in [3.05, 3.63) is 0 Å². The molecule has 1 rings (SSSR count). The zero-order chi connectivity index (χ0) is 10.9. The first-order chi connectivity index (χ1) is 7.33. The van der Waals surface area contributed by atoms with Gasteiger partial charge in [0.15, 0.2) is 0 Å². The Labute approximate surface area is 92.4 Å². The Balaban J connectivity index is 1.91. The van der Waals surface area contributed by atoms with E-state index in [2.05, 4.69) is 15.5 Å². The number of amides is 1. The average molecular weight is 213 g/mol. The SMILES string of the molecule is CNCCCC(=O)NCCN1CCCC1. The largest absolute Gasteiger partial charge is 0.355 e. The van der Waals surface area contributed by atoms with Crippen molar-refractivity contribution in [1.82, 2.24) is 15.5 Å². The van der Waals surface area contributed by atoms with Gasteiger partial charge in [-0.3, -0.25) is 4.79 Å². The normalized spacial score (nSPS) is 16.9. The third kappa shape index (κ3) is 5.74. The number of carbonyl (C=O) groups is 1. The highest BCUT2D eigenvalue weighted by atomic mass is 16.1. The van der Waals surface area contributed by atoms with Gasteiger partial charge in [0, 0.05) is 19.5 Å². The molecule has 4 heteroatoms. The first kappa shape index (κ1) is 12.5. The predicted octanol–water partition coefficient (Wildman–Crippen LogP) is 0.198. The summed E-state index contributed by atoms with van der Waals surface area (Å²) in [6, 6.07) is 0. The molecule has 0 saturated carbocycles. The second-order valence-corrected chi connectivity index (χ2v) is 4.11. The highest BCUT2D eigenvalue weighted by molar-refractivity contribution is 5.75. The predicted molar refractivity (Wildman–Crippen MR) is 61.8 cm³/mol. The minimum absolute atomic E-state index is 0.185. The summed E-state index contributed by atoms with van der Waals surface area (Å²) < 4.78 is 0. The van der Waals surface area contributed by atoms with Gasteiger partial charge >= 0.3 is 0 Å². The lowest BCUT2D eigenvalue weighted by atomic mass is 10.3. The molecule has 1 heterocycles. The number of carbonyl (C=O) groups excluding carboxylic acids is 1. The van der Waals surface area contributed by atoms with Gasteiger partial charge in [0.1, 0.15) is 0 Å². The molecule has 1 amide bonds. The van der Waals surface area contributed by atoms with Crippen LogP contribution >= 0.6 is 0 Å². The Morgan fingerprint density at radius 1 is 1.27 bits per heavy atom. The Kier molecular flexibility index (Phi) is 6.36. The maximum absolute atomic E-state index is 11.3. The Morgan fingerprint density at radius 3 is 2.67 bits per heavy atom. The fraction of sp³-hybridized carbons (Fsp3) is 0.909. The summed E-state index contributed by atoms with van der Waals surface area (Å²) in [5, 5.41) is 6.00. The summed E-state index contributed by atoms with van der Waals surface area (Å²) in [6.45, 7) is 5.14. The summed E-state index contributed by atoms with van der Waals surface area (Å²) >= 11 is 0. The van der Waals surface area contributed by atoms with E-state index in [1.807, 2.05) is 7.05 Å². The van der Waals surface area contributed by atoms with Gasteiger partial charge < -0.3 is 15.5 Å². The van der Waals surface area contributed by atoms with Crippen molar-refractivity contribution in [1.29, 1.82) is 0 Å². The topological polar surface area (TPSA) is 44.4 Å². The molecule has 15 heavy (non-hydrogen) atoms. The summed E-state index contributed by atoms with van der Waals surface area (Å²) in [7, 11) is 1.91. The van der Waals surface area contributed by atoms with Crippen LogP contribution in [-0.4, -0.2) is 50.6 Å². The quantitative estimate of drug-likeness (QED) is 0.594. The first-order valence-corrected chi connectivity index (χ1v) is 5.96. The van der Waals surface area contributed by atoms with E-state index in [9.17, 15) is 4.79 Å². The van der Waals surface area contributed by atoms with Crippen LogP contribution in [0.5, 0.6) is 0 Å². The molecule has 88 valence electrons. The van der Waals surface area contributed by atoms with Crippen LogP contribution in [0.25, 0.3) is 0 Å². The standard InChI is InChI=1S/C11H23N3O/c1-12-6-4-5-11(15)13-7-10-14-8-2-3-9-14/h12H,2-10H2,1H3,(H,13,15). The lowest BCUT2D eigenvalue weighted by Gasteiger charge is -2.14. The first-order valence-electron chi connectivity index (χ1n) is 5.96. The molecule has 0 radical (unpaired) electrons. The highest BCUT2D eigenvalue weighted by Crippen LogP contribution is 2.05. The van der Waals surface area contributed by atoms with E-state index in [1.165, 1.54) is 25.9 Å². The Hall–Kier alpha value is -0.610. The molecule has 0 bridgehead atoms. The van der Waals surface area contributed by atoms with Gasteiger partial charge in [0.05, 0.1) is 0 Å². The monoisotopic (exact) mass is 213 g/mol. The molecule has 0 spiro atoms. The minimum atomic E-state index is 0.185. The Bertz CT molecular complexity index is 179. The second-order valence-electron chi connectivity index (χ2n) is 4.11. The van der Waals surface area contributed by atoms with Crippen LogP contribution in [0.4, 0.5) is 0 Å². The van der Waals surface area contributed by atoms with E-state index in [0.717, 1.165) is 26.1 Å². The molecule has 1 fully saturated rings. The van der Waals surface area contributed by atoms with Crippen molar-refractivity contribution in [3.63, 3.8) is 0 Å². The molecule has 0 aromatic heterocycles. The number of rotatable bonds is 7. The molecule has 1 saturated heterocycles. The van der Waals surface area contributed by atoms with Crippen molar-refractivity contribution in [2.75, 3.05) is 39.8 Å². The van der Waals surface area contributed by atoms with E-state index in [0.29, 0.717) is 6.42 Å². The average Bonchev–Trinajstić information content (AvgIpc) is 2.71. The summed E-state index contributed by atoms with van der Waals surface area (Å²) in [4.78, 5) is 13.7. The Morgan fingerprint density at radius 2 is 2.00 bits per heavy atom. The van der Waals surface area contributed by atoms with E-state index < -0.39 is 0 Å². The molecule has 0 aliphatic carbocycles. The number of nitrogens with one attached hydrogen (secondary N) is 2. The molecule has 1 aliphatic heterocycles. The van der Waals surface area contributed by atoms with Crippen LogP contribution in [0.15, 0.2) is 0 Å². The van der Waals surface area contributed by atoms with Gasteiger partial charge in [-0.15, -0.1) is 0 Å².